The molecule has 0 spiro atoms. The second-order valence-corrected chi connectivity index (χ2v) is 5.36. The molecule has 0 radical (unpaired) electrons. The minimum Gasteiger partial charge on any atom is -0.368 e. The van der Waals surface area contributed by atoms with Crippen LogP contribution in [0.15, 0.2) is 0 Å². The number of likely N-dealkylation sites (N-methyl/N-ethyl adjacent to an activating group) is 1. The topological polar surface area (TPSA) is 67.1 Å². The fourth-order valence-corrected chi connectivity index (χ4v) is 2.07. The van der Waals surface area contributed by atoms with E-state index in [1.807, 2.05) is 6.92 Å². The highest BCUT2D eigenvalue weighted by molar-refractivity contribution is 6.33. The van der Waals surface area contributed by atoms with Crippen LogP contribution in [-0.2, 0) is 0 Å². The van der Waals surface area contributed by atoms with E-state index in [9.17, 15) is 0 Å². The van der Waals surface area contributed by atoms with Crippen LogP contribution < -0.4 is 11.1 Å². The maximum atomic E-state index is 6.15. The molecule has 0 saturated heterocycles. The second-order valence-electron chi connectivity index (χ2n) is 4.99. The van der Waals surface area contributed by atoms with Crippen molar-refractivity contribution in [3.8, 4) is 0 Å². The number of rotatable bonds is 5. The average Bonchev–Trinajstić information content (AvgIpc) is 2.23. The molecule has 1 aromatic heterocycles. The number of aromatic nitrogens is 2. The molecule has 0 bridgehead atoms. The molecule has 18 heavy (non-hydrogen) atoms. The Morgan fingerprint density at radius 2 is 1.94 bits per heavy atom. The summed E-state index contributed by atoms with van der Waals surface area (Å²) in [5, 5.41) is 3.79. The van der Waals surface area contributed by atoms with Crippen LogP contribution in [0.5, 0.6) is 0 Å². The minimum atomic E-state index is 0.241. The number of hydrogen-bond donors (Lipinski definition) is 2. The van der Waals surface area contributed by atoms with Crippen molar-refractivity contribution in [3.05, 3.63) is 10.7 Å². The van der Waals surface area contributed by atoms with Crippen molar-refractivity contribution in [1.82, 2.24) is 14.9 Å². The Labute approximate surface area is 114 Å². The number of halogens is 1. The van der Waals surface area contributed by atoms with Crippen LogP contribution in [0.2, 0.25) is 5.02 Å². The van der Waals surface area contributed by atoms with Gasteiger partial charge < -0.3 is 16.0 Å². The zero-order valence-corrected chi connectivity index (χ0v) is 12.4. The highest BCUT2D eigenvalue weighted by Crippen LogP contribution is 2.23. The van der Waals surface area contributed by atoms with E-state index in [-0.39, 0.29) is 5.95 Å². The molecule has 0 aromatic carbocycles. The van der Waals surface area contributed by atoms with Gasteiger partial charge in [-0.05, 0) is 26.9 Å². The van der Waals surface area contributed by atoms with Crippen molar-refractivity contribution in [3.63, 3.8) is 0 Å². The van der Waals surface area contributed by atoms with Crippen LogP contribution in [0.3, 0.4) is 0 Å². The van der Waals surface area contributed by atoms with Gasteiger partial charge in [0.05, 0.1) is 5.69 Å². The summed E-state index contributed by atoms with van der Waals surface area (Å²) < 4.78 is 0. The quantitative estimate of drug-likeness (QED) is 0.858. The molecule has 102 valence electrons. The highest BCUT2D eigenvalue weighted by Gasteiger charge is 2.17. The number of hydrogen-bond acceptors (Lipinski definition) is 5. The van der Waals surface area contributed by atoms with Crippen LogP contribution in [0.4, 0.5) is 11.8 Å². The lowest BCUT2D eigenvalue weighted by Crippen LogP contribution is -2.38. The number of aryl methyl sites for hydroxylation is 1. The van der Waals surface area contributed by atoms with Gasteiger partial charge in [0.1, 0.15) is 5.02 Å². The van der Waals surface area contributed by atoms with E-state index in [1.54, 1.807) is 0 Å². The average molecular weight is 272 g/mol. The Balaban J connectivity index is 2.79. The predicted octanol–water partition coefficient (Wildman–Crippen LogP) is 2.02. The Morgan fingerprint density at radius 1 is 1.33 bits per heavy atom. The number of nitrogen functional groups attached to an aromatic ring is 1. The summed E-state index contributed by atoms with van der Waals surface area (Å²) >= 11 is 6.15. The molecule has 0 unspecified atom stereocenters. The largest absolute Gasteiger partial charge is 0.368 e. The third-order valence-corrected chi connectivity index (χ3v) is 3.40. The SMILES string of the molecule is Cc1nc(N)nc(NC[C@@H](C(C)C)N(C)C)c1Cl. The summed E-state index contributed by atoms with van der Waals surface area (Å²) in [5.41, 5.74) is 6.32. The smallest absolute Gasteiger partial charge is 0.222 e. The normalized spacial score (nSPS) is 13.1. The fourth-order valence-electron chi connectivity index (χ4n) is 1.91. The number of anilines is 2. The molecule has 1 heterocycles. The summed E-state index contributed by atoms with van der Waals surface area (Å²) in [6.45, 7) is 6.96. The van der Waals surface area contributed by atoms with Crippen molar-refractivity contribution in [2.45, 2.75) is 26.8 Å². The van der Waals surface area contributed by atoms with Crippen molar-refractivity contribution < 1.29 is 0 Å². The number of nitrogens with zero attached hydrogens (tertiary/aromatic N) is 3. The van der Waals surface area contributed by atoms with Gasteiger partial charge in [0.2, 0.25) is 5.95 Å². The van der Waals surface area contributed by atoms with Crippen molar-refractivity contribution in [1.29, 1.82) is 0 Å². The van der Waals surface area contributed by atoms with Gasteiger partial charge in [-0.2, -0.15) is 4.98 Å². The van der Waals surface area contributed by atoms with Crippen molar-refractivity contribution in [2.75, 3.05) is 31.7 Å². The molecule has 1 atom stereocenters. The number of nitrogens with one attached hydrogen (secondary N) is 1. The van der Waals surface area contributed by atoms with Crippen LogP contribution in [-0.4, -0.2) is 41.5 Å². The molecule has 6 heteroatoms. The molecule has 5 nitrogen and oxygen atoms in total. The van der Waals surface area contributed by atoms with Crippen molar-refractivity contribution >= 4 is 23.4 Å². The Morgan fingerprint density at radius 3 is 2.44 bits per heavy atom. The summed E-state index contributed by atoms with van der Waals surface area (Å²) in [5.74, 6) is 1.38. The third-order valence-electron chi connectivity index (χ3n) is 2.95. The fraction of sp³-hybridized carbons (Fsp3) is 0.667. The first-order valence-electron chi connectivity index (χ1n) is 6.02. The molecular weight excluding hydrogens is 250 g/mol. The van der Waals surface area contributed by atoms with Gasteiger partial charge in [0.15, 0.2) is 5.82 Å². The lowest BCUT2D eigenvalue weighted by atomic mass is 10.0. The summed E-state index contributed by atoms with van der Waals surface area (Å²) in [4.78, 5) is 10.3. The van der Waals surface area contributed by atoms with Gasteiger partial charge in [-0.25, -0.2) is 4.98 Å². The molecule has 0 aliphatic carbocycles. The van der Waals surface area contributed by atoms with E-state index in [0.717, 1.165) is 6.54 Å². The zero-order valence-electron chi connectivity index (χ0n) is 11.7. The zero-order chi connectivity index (χ0) is 13.9. The molecule has 3 N–H and O–H groups in total. The highest BCUT2D eigenvalue weighted by atomic mass is 35.5. The first-order chi connectivity index (χ1) is 8.32. The van der Waals surface area contributed by atoms with E-state index in [2.05, 4.69) is 48.1 Å². The van der Waals surface area contributed by atoms with Crippen LogP contribution >= 0.6 is 11.6 Å². The van der Waals surface area contributed by atoms with E-state index < -0.39 is 0 Å². The van der Waals surface area contributed by atoms with E-state index in [1.165, 1.54) is 0 Å². The van der Waals surface area contributed by atoms with Gasteiger partial charge >= 0.3 is 0 Å². The third kappa shape index (κ3) is 3.71. The standard InChI is InChI=1S/C12H22ClN5/c1-7(2)9(18(4)5)6-15-11-10(13)8(3)16-12(14)17-11/h7,9H,6H2,1-5H3,(H3,14,15,16,17)/t9-/m0/s1. The molecular formula is C12H22ClN5. The number of nitrogens with two attached hydrogens (primary N) is 1. The van der Waals surface area contributed by atoms with Gasteiger partial charge in [-0.1, -0.05) is 25.4 Å². The van der Waals surface area contributed by atoms with Gasteiger partial charge in [-0.15, -0.1) is 0 Å². The Bertz CT molecular complexity index is 398. The lowest BCUT2D eigenvalue weighted by molar-refractivity contribution is 0.243. The van der Waals surface area contributed by atoms with E-state index in [4.69, 9.17) is 17.3 Å². The second kappa shape index (κ2) is 6.20. The van der Waals surface area contributed by atoms with Crippen molar-refractivity contribution in [2.24, 2.45) is 5.92 Å². The van der Waals surface area contributed by atoms with E-state index in [0.29, 0.717) is 28.5 Å². The van der Waals surface area contributed by atoms with Gasteiger partial charge in [-0.3, -0.25) is 0 Å². The first-order valence-corrected chi connectivity index (χ1v) is 6.40. The monoisotopic (exact) mass is 271 g/mol. The maximum Gasteiger partial charge on any atom is 0.222 e. The first kappa shape index (κ1) is 15.0. The lowest BCUT2D eigenvalue weighted by Gasteiger charge is -2.28. The van der Waals surface area contributed by atoms with Crippen LogP contribution in [0.1, 0.15) is 19.5 Å². The molecule has 0 amide bonds. The summed E-state index contributed by atoms with van der Waals surface area (Å²) in [6.07, 6.45) is 0. The van der Waals surface area contributed by atoms with Crippen LogP contribution in [0, 0.1) is 12.8 Å². The molecule has 0 aliphatic rings. The molecule has 1 aromatic rings. The predicted molar refractivity (Wildman–Crippen MR) is 77.0 cm³/mol. The minimum absolute atomic E-state index is 0.241. The molecule has 0 fully saturated rings. The Kier molecular flexibility index (Phi) is 5.16. The van der Waals surface area contributed by atoms with E-state index >= 15 is 0 Å². The summed E-state index contributed by atoms with van der Waals surface area (Å²) in [7, 11) is 4.13. The Hall–Kier alpha value is -1.07. The van der Waals surface area contributed by atoms with Gasteiger partial charge in [0.25, 0.3) is 0 Å². The molecule has 0 saturated carbocycles. The van der Waals surface area contributed by atoms with Crippen LogP contribution in [0.25, 0.3) is 0 Å². The summed E-state index contributed by atoms with van der Waals surface area (Å²) in [6, 6.07) is 0.401. The molecule has 0 aliphatic heterocycles. The van der Waals surface area contributed by atoms with Gasteiger partial charge in [0, 0.05) is 12.6 Å². The maximum absolute atomic E-state index is 6.15. The molecule has 1 rings (SSSR count).